The highest BCUT2D eigenvalue weighted by Gasteiger charge is 2.92. The summed E-state index contributed by atoms with van der Waals surface area (Å²) in [5, 5.41) is 14.3. The predicted octanol–water partition coefficient (Wildman–Crippen LogP) is 1.33. The van der Waals surface area contributed by atoms with Crippen LogP contribution in [-0.4, -0.2) is 46.9 Å². The Morgan fingerprint density at radius 1 is 1.31 bits per heavy atom. The van der Waals surface area contributed by atoms with Gasteiger partial charge in [0.2, 0.25) is 0 Å². The molecule has 6 fully saturated rings. The Labute approximate surface area is 155 Å². The molecule has 140 valence electrons. The summed E-state index contributed by atoms with van der Waals surface area (Å²) in [5.74, 6) is 4.52. The Balaban J connectivity index is 1.41. The van der Waals surface area contributed by atoms with Crippen molar-refractivity contribution in [2.75, 3.05) is 7.05 Å². The zero-order valence-electron chi connectivity index (χ0n) is 16.0. The molecule has 0 aromatic carbocycles. The maximum atomic E-state index is 10.7. The lowest BCUT2D eigenvalue weighted by atomic mass is 9.47. The van der Waals surface area contributed by atoms with Crippen LogP contribution in [0.5, 0.6) is 0 Å². The fourth-order valence-corrected chi connectivity index (χ4v) is 9.80. The third-order valence-corrected chi connectivity index (χ3v) is 10.5. The monoisotopic (exact) mass is 353 g/mol. The molecule has 7 rings (SSSR count). The number of rotatable bonds is 0. The first kappa shape index (κ1) is 15.3. The van der Waals surface area contributed by atoms with Crippen molar-refractivity contribution in [3.05, 3.63) is 23.8 Å². The van der Waals surface area contributed by atoms with Gasteiger partial charge >= 0.3 is 0 Å². The zero-order valence-corrected chi connectivity index (χ0v) is 16.0. The number of hydrogen-bond acceptors (Lipinski definition) is 4. The van der Waals surface area contributed by atoms with Crippen molar-refractivity contribution in [3.8, 4) is 0 Å². The summed E-state index contributed by atoms with van der Waals surface area (Å²) in [6, 6.07) is 1.60. The summed E-state index contributed by atoms with van der Waals surface area (Å²) in [7, 11) is 2.37. The molecule has 2 heterocycles. The van der Waals surface area contributed by atoms with Gasteiger partial charge in [0.1, 0.15) is 6.23 Å². The maximum absolute atomic E-state index is 10.7. The Morgan fingerprint density at radius 3 is 2.92 bits per heavy atom. The highest BCUT2D eigenvalue weighted by Crippen LogP contribution is 2.86. The third-order valence-electron chi connectivity index (χ3n) is 10.5. The normalized spacial score (nSPS) is 69.1. The second-order valence-corrected chi connectivity index (χ2v) is 10.8. The second-order valence-electron chi connectivity index (χ2n) is 10.8. The fraction of sp³-hybridized carbons (Fsp3) is 0.818. The number of nitrogens with one attached hydrogen (secondary N) is 1. The number of likely N-dealkylation sites (tertiary alicyclic amines) is 1. The number of aliphatic hydroxyl groups excluding tert-OH is 1. The molecule has 0 aromatic heterocycles. The van der Waals surface area contributed by atoms with E-state index < -0.39 is 0 Å². The molecule has 4 heteroatoms. The summed E-state index contributed by atoms with van der Waals surface area (Å²) in [6.45, 7) is 4.51. The molecule has 4 N–H and O–H groups in total. The summed E-state index contributed by atoms with van der Waals surface area (Å²) >= 11 is 0. The van der Waals surface area contributed by atoms with Crippen LogP contribution in [0.25, 0.3) is 0 Å². The molecule has 2 saturated heterocycles. The van der Waals surface area contributed by atoms with E-state index >= 15 is 0 Å². The molecular formula is C22H31N3O. The van der Waals surface area contributed by atoms with Crippen LogP contribution in [0.15, 0.2) is 23.8 Å². The van der Waals surface area contributed by atoms with Crippen LogP contribution < -0.4 is 11.1 Å². The second kappa shape index (κ2) is 4.17. The van der Waals surface area contributed by atoms with Crippen molar-refractivity contribution >= 4 is 0 Å². The molecule has 0 bridgehead atoms. The molecule has 0 aromatic rings. The quantitative estimate of drug-likeness (QED) is 0.615. The molecule has 0 radical (unpaired) electrons. The minimum absolute atomic E-state index is 0.0299. The first-order chi connectivity index (χ1) is 12.4. The van der Waals surface area contributed by atoms with Gasteiger partial charge < -0.3 is 10.8 Å². The van der Waals surface area contributed by atoms with Crippen molar-refractivity contribution < 1.29 is 5.11 Å². The lowest BCUT2D eigenvalue weighted by Gasteiger charge is -2.59. The molecule has 4 saturated carbocycles. The summed E-state index contributed by atoms with van der Waals surface area (Å²) in [5.41, 5.74) is 8.96. The fourth-order valence-electron chi connectivity index (χ4n) is 9.80. The maximum Gasteiger partial charge on any atom is 0.107 e. The average Bonchev–Trinajstić information content (AvgIpc) is 2.89. The van der Waals surface area contributed by atoms with Crippen LogP contribution in [0.1, 0.15) is 26.7 Å². The number of allylic oxidation sites excluding steroid dienone is 2. The first-order valence-corrected chi connectivity index (χ1v) is 10.7. The van der Waals surface area contributed by atoms with E-state index in [-0.39, 0.29) is 17.2 Å². The van der Waals surface area contributed by atoms with Crippen molar-refractivity contribution in [2.45, 2.75) is 56.6 Å². The first-order valence-electron chi connectivity index (χ1n) is 10.7. The van der Waals surface area contributed by atoms with E-state index in [0.717, 1.165) is 18.3 Å². The van der Waals surface area contributed by atoms with Gasteiger partial charge in [0, 0.05) is 35.0 Å². The van der Waals surface area contributed by atoms with Gasteiger partial charge in [0.15, 0.2) is 0 Å². The minimum Gasteiger partial charge on any atom is -0.378 e. The standard InChI is InChI=1S/C22H31N3O/c1-9-4-5-15-13(6-9)22-18-17-14(8-21(18,22)23)24-20(26)10(2)11-7-12(16(11)17)19(22)25(15)3/h4-6,10-20,24,26H,7-8,23H2,1-3H3. The van der Waals surface area contributed by atoms with E-state index in [0.29, 0.717) is 47.7 Å². The number of hydrogen-bond donors (Lipinski definition) is 3. The molecule has 13 atom stereocenters. The van der Waals surface area contributed by atoms with Gasteiger partial charge in [-0.1, -0.05) is 30.7 Å². The van der Waals surface area contributed by atoms with Crippen LogP contribution in [-0.2, 0) is 0 Å². The minimum atomic E-state index is -0.348. The lowest BCUT2D eigenvalue weighted by molar-refractivity contribution is -0.111. The number of nitrogens with two attached hydrogens (primary N) is 1. The molecule has 1 spiro atoms. The van der Waals surface area contributed by atoms with Gasteiger partial charge in [-0.25, -0.2) is 0 Å². The highest BCUT2D eigenvalue weighted by molar-refractivity contribution is 5.49. The zero-order chi connectivity index (χ0) is 17.7. The van der Waals surface area contributed by atoms with E-state index in [2.05, 4.69) is 49.3 Å². The predicted molar refractivity (Wildman–Crippen MR) is 99.9 cm³/mol. The van der Waals surface area contributed by atoms with Gasteiger partial charge in [0.05, 0.1) is 0 Å². The van der Waals surface area contributed by atoms with Crippen LogP contribution in [0.2, 0.25) is 0 Å². The molecule has 0 amide bonds. The topological polar surface area (TPSA) is 61.5 Å². The molecule has 7 aliphatic rings. The molecule has 5 aliphatic carbocycles. The van der Waals surface area contributed by atoms with E-state index in [1.54, 1.807) is 0 Å². The Kier molecular flexibility index (Phi) is 2.45. The largest absolute Gasteiger partial charge is 0.378 e. The van der Waals surface area contributed by atoms with Crippen molar-refractivity contribution in [3.63, 3.8) is 0 Å². The highest BCUT2D eigenvalue weighted by atomic mass is 16.3. The molecule has 26 heavy (non-hydrogen) atoms. The smallest absolute Gasteiger partial charge is 0.107 e. The SMILES string of the molecule is CC1=CC2C(C=C1)N(C)C1C3CC4C(C)C(O)NC5CC6(N)C(C5C43)C216. The number of nitrogens with zero attached hydrogens (tertiary/aromatic N) is 1. The van der Waals surface area contributed by atoms with Crippen molar-refractivity contribution in [1.29, 1.82) is 0 Å². The van der Waals surface area contributed by atoms with E-state index in [1.165, 1.54) is 12.0 Å². The van der Waals surface area contributed by atoms with Crippen LogP contribution in [0.4, 0.5) is 0 Å². The third kappa shape index (κ3) is 1.25. The molecule has 13 unspecified atom stereocenters. The van der Waals surface area contributed by atoms with E-state index in [4.69, 9.17) is 5.73 Å². The van der Waals surface area contributed by atoms with Crippen molar-refractivity contribution in [2.24, 2.45) is 52.6 Å². The number of aliphatic hydroxyl groups is 1. The number of likely N-dealkylation sites (N-methyl/N-ethyl adjacent to an activating group) is 1. The van der Waals surface area contributed by atoms with Gasteiger partial charge in [-0.2, -0.15) is 0 Å². The molecule has 4 nitrogen and oxygen atoms in total. The Bertz CT molecular complexity index is 777. The van der Waals surface area contributed by atoms with Gasteiger partial charge in [-0.3, -0.25) is 10.2 Å². The lowest BCUT2D eigenvalue weighted by Crippen LogP contribution is -2.61. The summed E-state index contributed by atoms with van der Waals surface area (Å²) in [6.07, 6.45) is 9.33. The summed E-state index contributed by atoms with van der Waals surface area (Å²) < 4.78 is 0. The van der Waals surface area contributed by atoms with Crippen LogP contribution >= 0.6 is 0 Å². The Hall–Kier alpha value is -0.680. The molecule has 2 aliphatic heterocycles. The van der Waals surface area contributed by atoms with Crippen molar-refractivity contribution in [1.82, 2.24) is 10.2 Å². The summed E-state index contributed by atoms with van der Waals surface area (Å²) in [4.78, 5) is 2.71. The van der Waals surface area contributed by atoms with E-state index in [9.17, 15) is 5.11 Å². The van der Waals surface area contributed by atoms with Crippen LogP contribution in [0.3, 0.4) is 0 Å². The average molecular weight is 354 g/mol. The van der Waals surface area contributed by atoms with E-state index in [1.807, 2.05) is 0 Å². The van der Waals surface area contributed by atoms with Gasteiger partial charge in [-0.15, -0.1) is 0 Å². The Morgan fingerprint density at radius 2 is 2.12 bits per heavy atom. The number of fused-ring (bicyclic) bond motifs is 2. The van der Waals surface area contributed by atoms with Crippen LogP contribution in [0, 0.1) is 46.8 Å². The van der Waals surface area contributed by atoms with Gasteiger partial charge in [0.25, 0.3) is 0 Å². The van der Waals surface area contributed by atoms with Gasteiger partial charge in [-0.05, 0) is 62.3 Å². The molecular weight excluding hydrogens is 322 g/mol.